The van der Waals surface area contributed by atoms with Gasteiger partial charge >= 0.3 is 0 Å². The molecule has 4 rings (SSSR count). The van der Waals surface area contributed by atoms with Crippen LogP contribution in [0.4, 0.5) is 17.1 Å². The van der Waals surface area contributed by atoms with Crippen molar-refractivity contribution in [3.63, 3.8) is 0 Å². The van der Waals surface area contributed by atoms with Crippen LogP contribution in [0.1, 0.15) is 19.8 Å². The van der Waals surface area contributed by atoms with E-state index in [1.807, 2.05) is 37.3 Å². The number of non-ortho nitro benzene ring substituents is 1. The number of para-hydroxylation sites is 1. The highest BCUT2D eigenvalue weighted by atomic mass is 16.7. The minimum Gasteiger partial charge on any atom is -0.273 e. The molecule has 2 aromatic carbocycles. The molecule has 2 aromatic rings. The van der Waals surface area contributed by atoms with E-state index in [0.717, 1.165) is 17.0 Å². The van der Waals surface area contributed by atoms with E-state index in [2.05, 4.69) is 0 Å². The Kier molecular flexibility index (Phi) is 4.56. The van der Waals surface area contributed by atoms with E-state index >= 15 is 0 Å². The number of fused-ring (bicyclic) bond motifs is 1. The number of carbonyl (C=O) groups excluding carboxylic acids is 2. The summed E-state index contributed by atoms with van der Waals surface area (Å²) in [6, 6.07) is 14.6. The summed E-state index contributed by atoms with van der Waals surface area (Å²) < 4.78 is 0. The number of hydrogen-bond acceptors (Lipinski definition) is 6. The molecule has 0 saturated carbocycles. The van der Waals surface area contributed by atoms with Crippen LogP contribution in [0.3, 0.4) is 0 Å². The fourth-order valence-electron chi connectivity index (χ4n) is 3.89. The van der Waals surface area contributed by atoms with Gasteiger partial charge in [-0.05, 0) is 30.7 Å². The summed E-state index contributed by atoms with van der Waals surface area (Å²) in [4.78, 5) is 43.5. The fourth-order valence-corrected chi connectivity index (χ4v) is 3.89. The zero-order chi connectivity index (χ0) is 19.8. The molecule has 0 N–H and O–H groups in total. The van der Waals surface area contributed by atoms with Crippen LogP contribution in [0, 0.1) is 16.0 Å². The van der Waals surface area contributed by atoms with Crippen molar-refractivity contribution in [1.82, 2.24) is 0 Å². The van der Waals surface area contributed by atoms with Crippen LogP contribution in [-0.4, -0.2) is 28.9 Å². The summed E-state index contributed by atoms with van der Waals surface area (Å²) in [5.41, 5.74) is 1.02. The lowest BCUT2D eigenvalue weighted by atomic mass is 9.93. The van der Waals surface area contributed by atoms with Crippen LogP contribution in [0.5, 0.6) is 0 Å². The molecule has 2 aliphatic rings. The highest BCUT2D eigenvalue weighted by Gasteiger charge is 2.59. The predicted molar refractivity (Wildman–Crippen MR) is 102 cm³/mol. The highest BCUT2D eigenvalue weighted by Crippen LogP contribution is 2.41. The van der Waals surface area contributed by atoms with Crippen molar-refractivity contribution in [1.29, 1.82) is 0 Å². The lowest BCUT2D eigenvalue weighted by molar-refractivity contribution is -0.384. The molecule has 0 aromatic heterocycles. The van der Waals surface area contributed by atoms with Gasteiger partial charge in [0, 0.05) is 12.1 Å². The molecular weight excluding hydrogens is 362 g/mol. The maximum atomic E-state index is 13.1. The maximum Gasteiger partial charge on any atom is 0.269 e. The Bertz CT molecular complexity index is 915. The Labute approximate surface area is 161 Å². The van der Waals surface area contributed by atoms with E-state index in [4.69, 9.17) is 4.84 Å². The number of amides is 2. The number of nitrogens with zero attached hydrogens (tertiary/aromatic N) is 3. The number of imide groups is 1. The number of hydrogen-bond donors (Lipinski definition) is 0. The average Bonchev–Trinajstić information content (AvgIpc) is 3.19. The van der Waals surface area contributed by atoms with Gasteiger partial charge in [-0.1, -0.05) is 31.5 Å². The third kappa shape index (κ3) is 2.82. The Morgan fingerprint density at radius 2 is 1.68 bits per heavy atom. The van der Waals surface area contributed by atoms with Crippen molar-refractivity contribution in [2.24, 2.45) is 5.92 Å². The van der Waals surface area contributed by atoms with E-state index in [9.17, 15) is 19.7 Å². The van der Waals surface area contributed by atoms with Crippen molar-refractivity contribution in [2.75, 3.05) is 9.96 Å². The number of benzene rings is 2. The fraction of sp³-hybridized carbons (Fsp3) is 0.300. The van der Waals surface area contributed by atoms with Crippen LogP contribution >= 0.6 is 0 Å². The molecule has 0 unspecified atom stereocenters. The van der Waals surface area contributed by atoms with Crippen molar-refractivity contribution in [3.8, 4) is 0 Å². The van der Waals surface area contributed by atoms with Gasteiger partial charge in [0.2, 0.25) is 5.91 Å². The van der Waals surface area contributed by atoms with Crippen LogP contribution in [-0.2, 0) is 14.4 Å². The number of carbonyl (C=O) groups is 2. The van der Waals surface area contributed by atoms with Crippen LogP contribution in [0.25, 0.3) is 0 Å². The standard InChI is InChI=1S/C20H19N3O5/c1-2-6-16-17-18(28-22(16)14-7-4-3-5-8-14)20(25)21(19(17)24)13-9-11-15(12-10-13)23(26)27/h3-5,7-12,16-18H,2,6H2,1H3/t16-,17-,18-/m0/s1. The monoisotopic (exact) mass is 381 g/mol. The molecule has 2 saturated heterocycles. The van der Waals surface area contributed by atoms with E-state index in [1.54, 1.807) is 5.06 Å². The van der Waals surface area contributed by atoms with Gasteiger partial charge in [-0.2, -0.15) is 0 Å². The van der Waals surface area contributed by atoms with Crippen LogP contribution in [0.15, 0.2) is 54.6 Å². The van der Waals surface area contributed by atoms with Gasteiger partial charge in [-0.15, -0.1) is 0 Å². The molecule has 28 heavy (non-hydrogen) atoms. The van der Waals surface area contributed by atoms with Crippen molar-refractivity contribution >= 4 is 28.9 Å². The van der Waals surface area contributed by atoms with Gasteiger partial charge in [-0.3, -0.25) is 24.5 Å². The van der Waals surface area contributed by atoms with Gasteiger partial charge in [0.25, 0.3) is 11.6 Å². The topological polar surface area (TPSA) is 93.0 Å². The van der Waals surface area contributed by atoms with E-state index < -0.39 is 22.9 Å². The summed E-state index contributed by atoms with van der Waals surface area (Å²) in [6.45, 7) is 2.02. The summed E-state index contributed by atoms with van der Waals surface area (Å²) in [5.74, 6) is -1.38. The third-order valence-corrected chi connectivity index (χ3v) is 5.15. The summed E-state index contributed by atoms with van der Waals surface area (Å²) in [6.07, 6.45) is 0.641. The molecule has 2 heterocycles. The lowest BCUT2D eigenvalue weighted by Crippen LogP contribution is -2.40. The molecule has 0 spiro atoms. The zero-order valence-electron chi connectivity index (χ0n) is 15.2. The first-order valence-corrected chi connectivity index (χ1v) is 9.16. The summed E-state index contributed by atoms with van der Waals surface area (Å²) in [7, 11) is 0. The van der Waals surface area contributed by atoms with Crippen LogP contribution in [0.2, 0.25) is 0 Å². The van der Waals surface area contributed by atoms with Gasteiger partial charge < -0.3 is 0 Å². The van der Waals surface area contributed by atoms with Gasteiger partial charge in [-0.25, -0.2) is 9.96 Å². The summed E-state index contributed by atoms with van der Waals surface area (Å²) >= 11 is 0. The largest absolute Gasteiger partial charge is 0.273 e. The van der Waals surface area contributed by atoms with Crippen molar-refractivity contribution in [2.45, 2.75) is 31.9 Å². The van der Waals surface area contributed by atoms with Crippen LogP contribution < -0.4 is 9.96 Å². The second-order valence-electron chi connectivity index (χ2n) is 6.85. The summed E-state index contributed by atoms with van der Waals surface area (Å²) in [5, 5.41) is 12.5. The van der Waals surface area contributed by atoms with Gasteiger partial charge in [0.05, 0.1) is 28.3 Å². The van der Waals surface area contributed by atoms with E-state index in [1.165, 1.54) is 24.3 Å². The quantitative estimate of drug-likeness (QED) is 0.449. The van der Waals surface area contributed by atoms with E-state index in [-0.39, 0.29) is 17.6 Å². The molecule has 0 radical (unpaired) electrons. The molecule has 0 aliphatic carbocycles. The second kappa shape index (κ2) is 7.05. The first-order chi connectivity index (χ1) is 13.5. The normalized spacial score (nSPS) is 24.0. The lowest BCUT2D eigenvalue weighted by Gasteiger charge is -2.28. The molecule has 2 aliphatic heterocycles. The van der Waals surface area contributed by atoms with E-state index in [0.29, 0.717) is 12.1 Å². The van der Waals surface area contributed by atoms with Crippen molar-refractivity contribution in [3.05, 3.63) is 64.7 Å². The molecule has 2 amide bonds. The average molecular weight is 381 g/mol. The Morgan fingerprint density at radius 1 is 1.00 bits per heavy atom. The smallest absolute Gasteiger partial charge is 0.269 e. The molecule has 144 valence electrons. The number of anilines is 2. The second-order valence-corrected chi connectivity index (χ2v) is 6.85. The third-order valence-electron chi connectivity index (χ3n) is 5.15. The molecule has 2 fully saturated rings. The first-order valence-electron chi connectivity index (χ1n) is 9.16. The maximum absolute atomic E-state index is 13.1. The van der Waals surface area contributed by atoms with Gasteiger partial charge in [0.1, 0.15) is 0 Å². The number of nitro benzene ring substituents is 1. The zero-order valence-corrected chi connectivity index (χ0v) is 15.2. The molecule has 3 atom stereocenters. The molecule has 8 nitrogen and oxygen atoms in total. The first kappa shape index (κ1) is 18.1. The minimum atomic E-state index is -0.889. The highest BCUT2D eigenvalue weighted by molar-refractivity contribution is 6.23. The van der Waals surface area contributed by atoms with Gasteiger partial charge in [0.15, 0.2) is 6.10 Å². The Morgan fingerprint density at radius 3 is 2.29 bits per heavy atom. The SMILES string of the molecule is CCC[C@H]1[C@@H]2C(=O)N(c3ccc([N+](=O)[O-])cc3)C(=O)[C@H]2ON1c1ccccc1. The molecular formula is C20H19N3O5. The van der Waals surface area contributed by atoms with Crippen molar-refractivity contribution < 1.29 is 19.3 Å². The number of nitro groups is 1. The molecule has 0 bridgehead atoms. The number of hydroxylamine groups is 1. The Hall–Kier alpha value is -3.26. The Balaban J connectivity index is 1.65. The molecule has 8 heteroatoms. The predicted octanol–water partition coefficient (Wildman–Crippen LogP) is 3.07. The minimum absolute atomic E-state index is 0.0987. The number of rotatable bonds is 5.